The van der Waals surface area contributed by atoms with Gasteiger partial charge in [0.1, 0.15) is 0 Å². The molecule has 0 spiro atoms. The number of hydrogen-bond donors (Lipinski definition) is 2. The highest BCUT2D eigenvalue weighted by molar-refractivity contribution is 14.0. The summed E-state index contributed by atoms with van der Waals surface area (Å²) in [6, 6.07) is 0. The van der Waals surface area contributed by atoms with E-state index in [9.17, 15) is 0 Å². The summed E-state index contributed by atoms with van der Waals surface area (Å²) in [7, 11) is 0. The Morgan fingerprint density at radius 3 is 2.48 bits per heavy atom. The minimum atomic E-state index is -0.0176. The maximum Gasteiger partial charge on any atom is 0.228 e. The summed E-state index contributed by atoms with van der Waals surface area (Å²) in [6.07, 6.45) is 0.653. The van der Waals surface area contributed by atoms with Crippen molar-refractivity contribution >= 4 is 29.9 Å². The number of hydrogen-bond acceptors (Lipinski definition) is 4. The van der Waals surface area contributed by atoms with E-state index >= 15 is 0 Å². The first-order valence-corrected chi connectivity index (χ1v) is 7.20. The Hall–Kier alpha value is -0.860. The monoisotopic (exact) mass is 409 g/mol. The van der Waals surface area contributed by atoms with Crippen LogP contribution in [-0.4, -0.2) is 34.7 Å². The van der Waals surface area contributed by atoms with E-state index < -0.39 is 0 Å². The highest BCUT2D eigenvalue weighted by atomic mass is 127. The third-order valence-electron chi connectivity index (χ3n) is 2.43. The van der Waals surface area contributed by atoms with Crippen LogP contribution in [0.5, 0.6) is 0 Å². The molecule has 2 N–H and O–H groups in total. The van der Waals surface area contributed by atoms with Gasteiger partial charge in [0.2, 0.25) is 5.89 Å². The molecule has 0 aliphatic heterocycles. The second-order valence-electron chi connectivity index (χ2n) is 6.09. The van der Waals surface area contributed by atoms with Crippen LogP contribution in [0.1, 0.15) is 59.2 Å². The number of aromatic nitrogens is 2. The van der Waals surface area contributed by atoms with Crippen LogP contribution in [0.3, 0.4) is 0 Å². The van der Waals surface area contributed by atoms with Gasteiger partial charge in [-0.2, -0.15) is 4.98 Å². The van der Waals surface area contributed by atoms with E-state index in [1.807, 2.05) is 20.8 Å². The number of aliphatic imine (C=N–C) groups is 1. The summed E-state index contributed by atoms with van der Waals surface area (Å²) in [5.74, 6) is 2.49. The van der Waals surface area contributed by atoms with Gasteiger partial charge in [0.25, 0.3) is 0 Å². The molecule has 0 aliphatic carbocycles. The Morgan fingerprint density at radius 2 is 2.00 bits per heavy atom. The van der Waals surface area contributed by atoms with Crippen LogP contribution >= 0.6 is 24.0 Å². The number of nitrogens with zero attached hydrogens (tertiary/aromatic N) is 3. The maximum absolute atomic E-state index is 5.20. The van der Waals surface area contributed by atoms with Crippen molar-refractivity contribution in [3.8, 4) is 0 Å². The van der Waals surface area contributed by atoms with Gasteiger partial charge in [-0.1, -0.05) is 19.0 Å². The minimum Gasteiger partial charge on any atom is -0.357 e. The second kappa shape index (κ2) is 9.22. The predicted molar refractivity (Wildman–Crippen MR) is 96.4 cm³/mol. The SMILES string of the molecule is CCNC(=NCCc1nc(C(C)C)no1)NC(C)(C)C.I. The van der Waals surface area contributed by atoms with Crippen LogP contribution < -0.4 is 10.6 Å². The van der Waals surface area contributed by atoms with Crippen molar-refractivity contribution in [2.75, 3.05) is 13.1 Å². The molecule has 1 rings (SSSR count). The fourth-order valence-electron chi connectivity index (χ4n) is 1.53. The molecule has 6 nitrogen and oxygen atoms in total. The van der Waals surface area contributed by atoms with Gasteiger partial charge in [0, 0.05) is 24.4 Å². The van der Waals surface area contributed by atoms with Crippen LogP contribution in [0.25, 0.3) is 0 Å². The third-order valence-corrected chi connectivity index (χ3v) is 2.43. The summed E-state index contributed by atoms with van der Waals surface area (Å²) in [4.78, 5) is 8.85. The fourth-order valence-corrected chi connectivity index (χ4v) is 1.53. The zero-order valence-corrected chi connectivity index (χ0v) is 16.2. The van der Waals surface area contributed by atoms with Crippen molar-refractivity contribution < 1.29 is 4.52 Å². The molecule has 1 aromatic rings. The molecule has 0 unspecified atom stereocenters. The average Bonchev–Trinajstić information content (AvgIpc) is 2.76. The van der Waals surface area contributed by atoms with Crippen LogP contribution in [0.15, 0.2) is 9.52 Å². The number of rotatable bonds is 5. The average molecular weight is 409 g/mol. The van der Waals surface area contributed by atoms with E-state index in [0.717, 1.165) is 18.3 Å². The Kier molecular flexibility index (Phi) is 8.84. The zero-order chi connectivity index (χ0) is 15.2. The van der Waals surface area contributed by atoms with Crippen LogP contribution in [-0.2, 0) is 6.42 Å². The van der Waals surface area contributed by atoms with E-state index in [4.69, 9.17) is 4.52 Å². The van der Waals surface area contributed by atoms with Gasteiger partial charge in [-0.25, -0.2) is 0 Å². The van der Waals surface area contributed by atoms with E-state index in [2.05, 4.69) is 46.5 Å². The Balaban J connectivity index is 0.00000400. The molecule has 1 aromatic heterocycles. The van der Waals surface area contributed by atoms with Crippen molar-refractivity contribution in [3.05, 3.63) is 11.7 Å². The number of halogens is 1. The standard InChI is InChI=1S/C14H27N5O.HI/c1-7-15-13(18-14(4,5)6)16-9-8-11-17-12(10(2)3)19-20-11;/h10H,7-9H2,1-6H3,(H2,15,16,18);1H. The van der Waals surface area contributed by atoms with Gasteiger partial charge in [-0.05, 0) is 27.7 Å². The summed E-state index contributed by atoms with van der Waals surface area (Å²) in [6.45, 7) is 13.9. The molecule has 0 atom stereocenters. The highest BCUT2D eigenvalue weighted by Gasteiger charge is 2.12. The Morgan fingerprint density at radius 1 is 1.33 bits per heavy atom. The lowest BCUT2D eigenvalue weighted by atomic mass is 10.1. The first kappa shape index (κ1) is 20.1. The van der Waals surface area contributed by atoms with Crippen LogP contribution in [0.4, 0.5) is 0 Å². The number of nitrogens with one attached hydrogen (secondary N) is 2. The predicted octanol–water partition coefficient (Wildman–Crippen LogP) is 2.71. The van der Waals surface area contributed by atoms with Gasteiger partial charge in [-0.3, -0.25) is 4.99 Å². The van der Waals surface area contributed by atoms with Crippen molar-refractivity contribution in [2.45, 2.75) is 59.4 Å². The topological polar surface area (TPSA) is 75.3 Å². The first-order chi connectivity index (χ1) is 9.31. The van der Waals surface area contributed by atoms with E-state index in [1.165, 1.54) is 0 Å². The molecule has 21 heavy (non-hydrogen) atoms. The zero-order valence-electron chi connectivity index (χ0n) is 13.9. The first-order valence-electron chi connectivity index (χ1n) is 7.20. The third kappa shape index (κ3) is 8.23. The molecular formula is C14H28IN5O. The molecule has 1 heterocycles. The largest absolute Gasteiger partial charge is 0.357 e. The van der Waals surface area contributed by atoms with Crippen molar-refractivity contribution in [1.29, 1.82) is 0 Å². The molecule has 0 bridgehead atoms. The maximum atomic E-state index is 5.20. The molecular weight excluding hydrogens is 381 g/mol. The summed E-state index contributed by atoms with van der Waals surface area (Å²) in [5.41, 5.74) is -0.0176. The Bertz CT molecular complexity index is 437. The van der Waals surface area contributed by atoms with Gasteiger partial charge in [0.15, 0.2) is 11.8 Å². The summed E-state index contributed by atoms with van der Waals surface area (Å²) >= 11 is 0. The van der Waals surface area contributed by atoms with Crippen molar-refractivity contribution in [2.24, 2.45) is 4.99 Å². The van der Waals surface area contributed by atoms with Gasteiger partial charge in [-0.15, -0.1) is 24.0 Å². The van der Waals surface area contributed by atoms with E-state index in [1.54, 1.807) is 0 Å². The minimum absolute atomic E-state index is 0. The normalized spacial score (nSPS) is 12.2. The lowest BCUT2D eigenvalue weighted by Gasteiger charge is -2.23. The molecule has 0 amide bonds. The van der Waals surface area contributed by atoms with Crippen molar-refractivity contribution in [3.63, 3.8) is 0 Å². The summed E-state index contributed by atoms with van der Waals surface area (Å²) in [5, 5.41) is 10.5. The van der Waals surface area contributed by atoms with Crippen LogP contribution in [0.2, 0.25) is 0 Å². The molecule has 0 aliphatic rings. The molecule has 122 valence electrons. The summed E-state index contributed by atoms with van der Waals surface area (Å²) < 4.78 is 5.20. The molecule has 7 heteroatoms. The van der Waals surface area contributed by atoms with Crippen LogP contribution in [0, 0.1) is 0 Å². The van der Waals surface area contributed by atoms with Crippen molar-refractivity contribution in [1.82, 2.24) is 20.8 Å². The molecule has 0 fully saturated rings. The molecule has 0 aromatic carbocycles. The lowest BCUT2D eigenvalue weighted by molar-refractivity contribution is 0.372. The molecule has 0 radical (unpaired) electrons. The quantitative estimate of drug-likeness (QED) is 0.445. The Labute approximate surface area is 144 Å². The molecule has 0 saturated carbocycles. The van der Waals surface area contributed by atoms with E-state index in [0.29, 0.717) is 18.9 Å². The second-order valence-corrected chi connectivity index (χ2v) is 6.09. The molecule has 0 saturated heterocycles. The fraction of sp³-hybridized carbons (Fsp3) is 0.786. The van der Waals surface area contributed by atoms with E-state index in [-0.39, 0.29) is 35.4 Å². The lowest BCUT2D eigenvalue weighted by Crippen LogP contribution is -2.47. The highest BCUT2D eigenvalue weighted by Crippen LogP contribution is 2.09. The van der Waals surface area contributed by atoms with Gasteiger partial charge >= 0.3 is 0 Å². The number of guanidine groups is 1. The smallest absolute Gasteiger partial charge is 0.228 e. The van der Waals surface area contributed by atoms with Gasteiger partial charge < -0.3 is 15.2 Å². The van der Waals surface area contributed by atoms with Gasteiger partial charge in [0.05, 0.1) is 6.54 Å².